The van der Waals surface area contributed by atoms with E-state index in [0.29, 0.717) is 78.6 Å². The van der Waals surface area contributed by atoms with Crippen LogP contribution in [0.15, 0.2) is 195 Å². The van der Waals surface area contributed by atoms with Gasteiger partial charge in [-0.1, -0.05) is 116 Å². The first-order valence-electron chi connectivity index (χ1n) is 42.1. The SMILES string of the molecule is C1CCNCC1.C=O.CCN(CC)CC.COc1ccc(S(=O)(=O)Nc2nc(-c3cccc([N+](=O)[O-])c3)c(CCl)s2)cc1OC.COc1ccc(S(=O)(=O)Nc2nc(-c3cccc([N+](=O)[O-])c3)c(CN3CCCCC3)s2)cc1OC.COc1ccc(S(=O)(=O)Nc2nc(-c3cccc([N+](=O)[O-])c3)c(CO)s2)cc1OC.COc1ccc(S(=O)(=O)Nc2nc(-c3cccc([N+](=O)[O-])c3)cs2)cc1OC.O=S(Cl)Cl.[Na+].[OH-]. The molecule has 0 unspecified atom stereocenters. The zero-order chi connectivity index (χ0) is 105. The molecule has 0 bridgehead atoms. The van der Waals surface area contributed by atoms with Crippen molar-refractivity contribution in [2.24, 2.45) is 0 Å². The van der Waals surface area contributed by atoms with Crippen LogP contribution < -0.4 is 91.7 Å². The van der Waals surface area contributed by atoms with Crippen LogP contribution in [-0.4, -0.2) is 207 Å². The summed E-state index contributed by atoms with van der Waals surface area (Å²) in [7, 11) is 2.94. The van der Waals surface area contributed by atoms with Crippen molar-refractivity contribution < 1.29 is 140 Å². The van der Waals surface area contributed by atoms with E-state index >= 15 is 0 Å². The van der Waals surface area contributed by atoms with Crippen molar-refractivity contribution in [2.75, 3.05) is 122 Å². The summed E-state index contributed by atoms with van der Waals surface area (Å²) < 4.78 is 163. The molecular formula is C88H103Cl3N15NaO28S9. The minimum Gasteiger partial charge on any atom is -0.870 e. The number of nitrogens with one attached hydrogen (secondary N) is 5. The van der Waals surface area contributed by atoms with Crippen molar-refractivity contribution in [3.8, 4) is 91.0 Å². The Hall–Kier alpha value is -11.2. The Balaban J connectivity index is 0.000000317. The van der Waals surface area contributed by atoms with E-state index in [-0.39, 0.29) is 132 Å². The van der Waals surface area contributed by atoms with Gasteiger partial charge < -0.3 is 63.5 Å². The minimum absolute atomic E-state index is 0. The van der Waals surface area contributed by atoms with E-state index in [2.05, 4.69) is 96.1 Å². The first kappa shape index (κ1) is 123. The molecule has 144 heavy (non-hydrogen) atoms. The Morgan fingerprint density at radius 1 is 0.431 bits per heavy atom. The molecule has 0 aliphatic carbocycles. The maximum Gasteiger partial charge on any atom is 1.00 e. The Morgan fingerprint density at radius 3 is 0.993 bits per heavy atom. The first-order valence-corrected chi connectivity index (χ1v) is 54.7. The van der Waals surface area contributed by atoms with Crippen LogP contribution in [0.1, 0.15) is 73.9 Å². The molecule has 43 nitrogen and oxygen atoms in total. The standard InChI is InChI=1S/C23H26N4O6S2.C18H16ClN3O6S2.C18H17N3O7S2.C17H15N3O6S2.C6H15N.C5H11N.CH2O.Cl2OS.Na.H2O/c1-32-19-10-9-18(14-20(19)33-2)35(30,31)25-23-24-22(16-7-6-8-17(13-16)27(28)29)21(34-23)15-26-11-4-3-5-12-26;1-27-14-7-6-13(9-15(14)28-2)30(25,26)21-18-20-17(16(10-19)29-18)11-4-3-5-12(8-11)22(23)24;1-27-14-7-6-13(9-15(14)28-2)30(25,26)20-18-19-17(16(10-22)29-18)11-4-3-5-12(8-11)21(23)24;1-25-15-7-6-13(9-16(15)26-2)28(23,24)19-17-18-14(10-27-17)11-4-3-5-12(8-11)20(21)22;1-4-7(5-2)6-3;1-2-4-6-5-3-1;1-2;1-4(2)3;;/h6-10,13-14H,3-5,11-12,15H2,1-2H3,(H,24,25);3-9H,10H2,1-2H3,(H,20,21);3-9,22H,10H2,1-2H3,(H,19,20);3-10H,1-2H3,(H,18,19);4-6H2,1-3H3;6H,1-5H2;1H2;;;1H2/q;;;;;;;;+1;/p-1. The summed E-state index contributed by atoms with van der Waals surface area (Å²) in [5, 5.41) is 59.2. The average Bonchev–Trinajstić information content (AvgIpc) is 1.62. The maximum atomic E-state index is 13.1. The molecule has 7 N–H and O–H groups in total. The zero-order valence-electron chi connectivity index (χ0n) is 79.6. The molecule has 0 spiro atoms. The fourth-order valence-electron chi connectivity index (χ4n) is 13.1. The van der Waals surface area contributed by atoms with Crippen molar-refractivity contribution in [2.45, 2.75) is 97.9 Å². The molecule has 8 aromatic carbocycles. The van der Waals surface area contributed by atoms with Gasteiger partial charge in [0.1, 0.15) is 6.79 Å². The van der Waals surface area contributed by atoms with E-state index < -0.39 is 75.6 Å². The minimum atomic E-state index is -4.01. The third-order valence-electron chi connectivity index (χ3n) is 20.1. The van der Waals surface area contributed by atoms with Gasteiger partial charge >= 0.3 is 29.6 Å². The largest absolute Gasteiger partial charge is 1.00 e. The predicted octanol–water partition coefficient (Wildman–Crippen LogP) is 15.2. The van der Waals surface area contributed by atoms with Gasteiger partial charge in [-0.3, -0.25) is 64.2 Å². The number of aliphatic hydroxyl groups excluding tert-OH is 1. The fourth-order valence-corrected chi connectivity index (χ4v) is 21.9. The molecule has 4 aromatic heterocycles. The molecule has 6 heterocycles. The average molecular weight is 2240 g/mol. The number of carbonyl (C=O) groups is 1. The van der Waals surface area contributed by atoms with Crippen molar-refractivity contribution in [1.82, 2.24) is 35.1 Å². The number of methoxy groups -OCH3 is 8. The molecule has 0 amide bonds. The molecule has 12 aromatic rings. The van der Waals surface area contributed by atoms with Gasteiger partial charge in [0.15, 0.2) is 66.5 Å². The van der Waals surface area contributed by atoms with Gasteiger partial charge in [0.05, 0.1) is 136 Å². The molecule has 2 aliphatic rings. The molecule has 0 atom stereocenters. The number of sulfonamides is 4. The molecule has 56 heteroatoms. The molecular weight excluding hydrogens is 2130 g/mol. The Kier molecular flexibility index (Phi) is 51.9. The third-order valence-corrected chi connectivity index (χ3v) is 30.0. The number of likely N-dealkylation sites (tertiary alicyclic amines) is 1. The number of nitro groups is 4. The molecule has 14 rings (SSSR count). The number of carbonyl (C=O) groups excluding carboxylic acids is 1. The van der Waals surface area contributed by atoms with Crippen molar-refractivity contribution in [3.05, 3.63) is 230 Å². The number of hydrogen-bond donors (Lipinski definition) is 6. The van der Waals surface area contributed by atoms with Gasteiger partial charge in [0.2, 0.25) is 9.23 Å². The van der Waals surface area contributed by atoms with Gasteiger partial charge in [-0.05, 0) is 120 Å². The van der Waals surface area contributed by atoms with Crippen LogP contribution in [0.25, 0.3) is 45.0 Å². The number of thiazole rings is 4. The van der Waals surface area contributed by atoms with E-state index in [0.717, 1.165) is 64.8 Å². The number of nitro benzene ring substituents is 4. The van der Waals surface area contributed by atoms with Crippen molar-refractivity contribution >= 4 is 178 Å². The monoisotopic (exact) mass is 2230 g/mol. The molecule has 2 fully saturated rings. The smallest absolute Gasteiger partial charge is 0.870 e. The van der Waals surface area contributed by atoms with E-state index in [1.54, 1.807) is 41.8 Å². The molecule has 774 valence electrons. The molecule has 0 radical (unpaired) electrons. The first-order chi connectivity index (χ1) is 67.8. The predicted molar refractivity (Wildman–Crippen MR) is 552 cm³/mol. The molecule has 2 saturated heterocycles. The van der Waals surface area contributed by atoms with E-state index in [9.17, 15) is 79.2 Å². The Bertz CT molecular complexity index is 6560. The van der Waals surface area contributed by atoms with Gasteiger partial charge in [-0.2, -0.15) is 0 Å². The van der Waals surface area contributed by atoms with Crippen LogP contribution in [0.2, 0.25) is 0 Å². The number of hydrogen-bond acceptors (Lipinski definition) is 39. The Morgan fingerprint density at radius 2 is 0.715 bits per heavy atom. The number of nitrogens with zero attached hydrogens (tertiary/aromatic N) is 10. The summed E-state index contributed by atoms with van der Waals surface area (Å²) >= 11 is 10.3. The molecule has 2 aliphatic heterocycles. The second-order valence-corrected chi connectivity index (χ2v) is 42.5. The summed E-state index contributed by atoms with van der Waals surface area (Å²) in [4.78, 5) is 73.9. The summed E-state index contributed by atoms with van der Waals surface area (Å²) in [6, 6.07) is 40.6. The topological polar surface area (TPSA) is 586 Å². The van der Waals surface area contributed by atoms with Crippen molar-refractivity contribution in [1.29, 1.82) is 0 Å². The van der Waals surface area contributed by atoms with Crippen LogP contribution in [0.5, 0.6) is 46.0 Å². The summed E-state index contributed by atoms with van der Waals surface area (Å²) in [6.45, 7) is 16.7. The second kappa shape index (κ2) is 60.6. The van der Waals surface area contributed by atoms with E-state index in [4.69, 9.17) is 58.5 Å². The quantitative estimate of drug-likeness (QED) is 0.00706. The second-order valence-electron chi connectivity index (χ2n) is 28.9. The summed E-state index contributed by atoms with van der Waals surface area (Å²) in [5.74, 6) is 2.73. The number of anilines is 4. The molecule has 0 saturated carbocycles. The van der Waals surface area contributed by atoms with Gasteiger partial charge in [0.25, 0.3) is 62.8 Å². The number of aromatic nitrogens is 4. The van der Waals surface area contributed by atoms with Crippen LogP contribution in [0.3, 0.4) is 0 Å². The van der Waals surface area contributed by atoms with Gasteiger partial charge in [-0.25, -0.2) is 57.8 Å². The zero-order valence-corrected chi connectivity index (χ0v) is 91.2. The van der Waals surface area contributed by atoms with Crippen LogP contribution in [0, 0.1) is 40.5 Å². The number of rotatable bonds is 35. The number of piperidine rings is 2. The van der Waals surface area contributed by atoms with Crippen LogP contribution >= 0.6 is 78.3 Å². The number of alkyl halides is 1. The third kappa shape index (κ3) is 36.5. The summed E-state index contributed by atoms with van der Waals surface area (Å²) in [5.41, 5.74) is 3.18. The van der Waals surface area contributed by atoms with E-state index in [1.807, 2.05) is 6.79 Å². The maximum absolute atomic E-state index is 13.1. The number of aliphatic hydroxyl groups is 1. The number of ether oxygens (including phenoxy) is 8. The fraction of sp³-hybridized carbons (Fsp3) is 0.307. The number of non-ortho nitro benzene ring substituents is 4. The number of halogens is 3. The van der Waals surface area contributed by atoms with Crippen LogP contribution in [-0.2, 0) is 73.1 Å². The number of benzene rings is 8. The Labute approximate surface area is 886 Å². The van der Waals surface area contributed by atoms with Gasteiger partial charge in [-0.15, -0.1) is 22.9 Å². The van der Waals surface area contributed by atoms with Gasteiger partial charge in [0, 0.05) is 138 Å². The summed E-state index contributed by atoms with van der Waals surface area (Å²) in [6.07, 6.45) is 7.60. The van der Waals surface area contributed by atoms with E-state index in [1.165, 1.54) is 260 Å². The van der Waals surface area contributed by atoms with Crippen molar-refractivity contribution in [3.63, 3.8) is 0 Å². The normalized spacial score (nSPS) is 12.1. The van der Waals surface area contributed by atoms with Crippen LogP contribution in [0.4, 0.5) is 43.3 Å².